The number of nitrogens with zero attached hydrogens (tertiary/aromatic N) is 3. The van der Waals surface area contributed by atoms with E-state index in [1.54, 1.807) is 11.2 Å². The molecule has 18 heavy (non-hydrogen) atoms. The maximum Gasteiger partial charge on any atom is 0.246 e. The van der Waals surface area contributed by atoms with E-state index in [0.717, 1.165) is 13.1 Å². The van der Waals surface area contributed by atoms with Gasteiger partial charge in [-0.15, -0.1) is 0 Å². The first-order chi connectivity index (χ1) is 8.46. The Labute approximate surface area is 108 Å². The van der Waals surface area contributed by atoms with Crippen molar-refractivity contribution in [2.24, 2.45) is 0 Å². The Morgan fingerprint density at radius 2 is 2.22 bits per heavy atom. The molecule has 1 aromatic rings. The van der Waals surface area contributed by atoms with Crippen LogP contribution in [0.5, 0.6) is 0 Å². The van der Waals surface area contributed by atoms with Crippen LogP contribution in [-0.2, 0) is 10.0 Å². The van der Waals surface area contributed by atoms with E-state index in [1.807, 2.05) is 0 Å². The molecule has 0 spiro atoms. The lowest BCUT2D eigenvalue weighted by atomic mass is 10.2. The average Bonchev–Trinajstić information content (AvgIpc) is 2.76. The van der Waals surface area contributed by atoms with Gasteiger partial charge in [0, 0.05) is 25.7 Å². The fourth-order valence-corrected chi connectivity index (χ4v) is 4.02. The van der Waals surface area contributed by atoms with Crippen LogP contribution in [-0.4, -0.2) is 60.0 Å². The molecule has 0 radical (unpaired) electrons. The quantitative estimate of drug-likeness (QED) is 0.866. The van der Waals surface area contributed by atoms with Crippen LogP contribution >= 0.6 is 0 Å². The van der Waals surface area contributed by atoms with Gasteiger partial charge in [0.2, 0.25) is 10.0 Å². The van der Waals surface area contributed by atoms with E-state index in [-0.39, 0.29) is 6.04 Å². The van der Waals surface area contributed by atoms with E-state index in [2.05, 4.69) is 28.9 Å². The summed E-state index contributed by atoms with van der Waals surface area (Å²) in [5.41, 5.74) is 0.598. The molecule has 0 aromatic carbocycles. The number of piperazine rings is 1. The molecule has 0 bridgehead atoms. The third kappa shape index (κ3) is 2.30. The maximum atomic E-state index is 12.5. The summed E-state index contributed by atoms with van der Waals surface area (Å²) >= 11 is 0. The van der Waals surface area contributed by atoms with Gasteiger partial charge in [-0.05, 0) is 20.4 Å². The lowest BCUT2D eigenvalue weighted by Gasteiger charge is -2.38. The summed E-state index contributed by atoms with van der Waals surface area (Å²) in [5.74, 6) is 0. The Morgan fingerprint density at radius 3 is 2.72 bits per heavy atom. The van der Waals surface area contributed by atoms with Crippen molar-refractivity contribution in [3.05, 3.63) is 11.9 Å². The SMILES string of the molecule is CCN1CCN(S(=O)(=O)c2cn[nH]c2C)CC1C. The minimum Gasteiger partial charge on any atom is -0.298 e. The second-order valence-corrected chi connectivity index (χ2v) is 6.61. The predicted molar refractivity (Wildman–Crippen MR) is 68.8 cm³/mol. The van der Waals surface area contributed by atoms with Crippen LogP contribution in [0.2, 0.25) is 0 Å². The van der Waals surface area contributed by atoms with Crippen LogP contribution in [0, 0.1) is 6.92 Å². The zero-order valence-electron chi connectivity index (χ0n) is 11.0. The second kappa shape index (κ2) is 4.99. The van der Waals surface area contributed by atoms with Crippen LogP contribution in [0.25, 0.3) is 0 Å². The van der Waals surface area contributed by atoms with E-state index in [9.17, 15) is 8.42 Å². The Kier molecular flexibility index (Phi) is 3.74. The largest absolute Gasteiger partial charge is 0.298 e. The first kappa shape index (κ1) is 13.5. The Bertz CT molecular complexity index is 511. The Balaban J connectivity index is 2.21. The lowest BCUT2D eigenvalue weighted by molar-refractivity contribution is 0.135. The molecule has 1 N–H and O–H groups in total. The van der Waals surface area contributed by atoms with Gasteiger partial charge in [-0.1, -0.05) is 6.92 Å². The van der Waals surface area contributed by atoms with Crippen molar-refractivity contribution in [1.82, 2.24) is 19.4 Å². The van der Waals surface area contributed by atoms with Crippen molar-refractivity contribution in [3.8, 4) is 0 Å². The van der Waals surface area contributed by atoms with Crippen LogP contribution in [0.15, 0.2) is 11.1 Å². The average molecular weight is 272 g/mol. The van der Waals surface area contributed by atoms with Crippen LogP contribution < -0.4 is 0 Å². The molecule has 102 valence electrons. The summed E-state index contributed by atoms with van der Waals surface area (Å²) < 4.78 is 26.5. The van der Waals surface area contributed by atoms with Gasteiger partial charge in [0.05, 0.1) is 11.9 Å². The smallest absolute Gasteiger partial charge is 0.246 e. The van der Waals surface area contributed by atoms with Crippen molar-refractivity contribution in [3.63, 3.8) is 0 Å². The summed E-state index contributed by atoms with van der Waals surface area (Å²) in [6.07, 6.45) is 1.39. The number of aromatic amines is 1. The van der Waals surface area contributed by atoms with Gasteiger partial charge in [0.15, 0.2) is 0 Å². The molecule has 7 heteroatoms. The summed E-state index contributed by atoms with van der Waals surface area (Å²) in [6, 6.07) is 0.255. The highest BCUT2D eigenvalue weighted by Crippen LogP contribution is 2.21. The molecule has 1 unspecified atom stereocenters. The topological polar surface area (TPSA) is 69.3 Å². The molecule has 1 atom stereocenters. The van der Waals surface area contributed by atoms with Gasteiger partial charge in [0.1, 0.15) is 4.90 Å². The fraction of sp³-hybridized carbons (Fsp3) is 0.727. The van der Waals surface area contributed by atoms with Crippen LogP contribution in [0.4, 0.5) is 0 Å². The van der Waals surface area contributed by atoms with Crippen molar-refractivity contribution < 1.29 is 8.42 Å². The van der Waals surface area contributed by atoms with Crippen molar-refractivity contribution in [1.29, 1.82) is 0 Å². The van der Waals surface area contributed by atoms with E-state index in [0.29, 0.717) is 23.7 Å². The molecular formula is C11H20N4O2S. The van der Waals surface area contributed by atoms with E-state index in [4.69, 9.17) is 0 Å². The number of aromatic nitrogens is 2. The number of aryl methyl sites for hydroxylation is 1. The normalized spacial score (nSPS) is 23.4. The van der Waals surface area contributed by atoms with Crippen molar-refractivity contribution >= 4 is 10.0 Å². The molecule has 0 amide bonds. The van der Waals surface area contributed by atoms with Crippen molar-refractivity contribution in [2.45, 2.75) is 31.7 Å². The molecule has 0 saturated carbocycles. The van der Waals surface area contributed by atoms with Gasteiger partial charge < -0.3 is 0 Å². The van der Waals surface area contributed by atoms with Gasteiger partial charge >= 0.3 is 0 Å². The van der Waals surface area contributed by atoms with E-state index in [1.165, 1.54) is 6.20 Å². The molecule has 1 saturated heterocycles. The van der Waals surface area contributed by atoms with Gasteiger partial charge in [-0.25, -0.2) is 8.42 Å². The number of rotatable bonds is 3. The summed E-state index contributed by atoms with van der Waals surface area (Å²) in [7, 11) is -3.40. The number of H-pyrrole nitrogens is 1. The second-order valence-electron chi connectivity index (χ2n) is 4.70. The highest BCUT2D eigenvalue weighted by Gasteiger charge is 2.33. The Hall–Kier alpha value is -0.920. The lowest BCUT2D eigenvalue weighted by Crippen LogP contribution is -2.53. The Morgan fingerprint density at radius 1 is 1.50 bits per heavy atom. The van der Waals surface area contributed by atoms with E-state index < -0.39 is 10.0 Å². The molecule has 0 aliphatic carbocycles. The summed E-state index contributed by atoms with van der Waals surface area (Å²) in [4.78, 5) is 2.58. The molecule has 1 fully saturated rings. The first-order valence-electron chi connectivity index (χ1n) is 6.21. The number of nitrogens with one attached hydrogen (secondary N) is 1. The number of likely N-dealkylation sites (N-methyl/N-ethyl adjacent to an activating group) is 1. The molecule has 1 aliphatic heterocycles. The summed E-state index contributed by atoms with van der Waals surface area (Å²) in [5, 5.41) is 6.47. The fourth-order valence-electron chi connectivity index (χ4n) is 2.39. The van der Waals surface area contributed by atoms with Crippen LogP contribution in [0.3, 0.4) is 0 Å². The van der Waals surface area contributed by atoms with Crippen molar-refractivity contribution in [2.75, 3.05) is 26.2 Å². The summed E-state index contributed by atoms with van der Waals surface area (Å²) in [6.45, 7) is 8.72. The predicted octanol–water partition coefficient (Wildman–Crippen LogP) is 0.433. The van der Waals surface area contributed by atoms with Gasteiger partial charge in [0.25, 0.3) is 0 Å². The number of sulfonamides is 1. The van der Waals surface area contributed by atoms with E-state index >= 15 is 0 Å². The van der Waals surface area contributed by atoms with Gasteiger partial charge in [-0.2, -0.15) is 9.40 Å². The molecule has 1 aliphatic rings. The van der Waals surface area contributed by atoms with Gasteiger partial charge in [-0.3, -0.25) is 10.00 Å². The molecule has 2 rings (SSSR count). The monoisotopic (exact) mass is 272 g/mol. The highest BCUT2D eigenvalue weighted by atomic mass is 32.2. The third-order valence-corrected chi connectivity index (χ3v) is 5.51. The number of hydrogen-bond acceptors (Lipinski definition) is 4. The molecular weight excluding hydrogens is 252 g/mol. The minimum absolute atomic E-state index is 0.255. The zero-order valence-corrected chi connectivity index (χ0v) is 11.9. The molecule has 1 aromatic heterocycles. The maximum absolute atomic E-state index is 12.5. The van der Waals surface area contributed by atoms with Crippen LogP contribution in [0.1, 0.15) is 19.5 Å². The highest BCUT2D eigenvalue weighted by molar-refractivity contribution is 7.89. The molecule has 2 heterocycles. The standard InChI is InChI=1S/C11H20N4O2S/c1-4-14-5-6-15(8-9(14)2)18(16,17)11-7-12-13-10(11)3/h7,9H,4-6,8H2,1-3H3,(H,12,13). The first-order valence-corrected chi connectivity index (χ1v) is 7.65. The zero-order chi connectivity index (χ0) is 13.3. The number of hydrogen-bond donors (Lipinski definition) is 1. The molecule has 6 nitrogen and oxygen atoms in total. The third-order valence-electron chi connectivity index (χ3n) is 3.54. The minimum atomic E-state index is -3.40.